The van der Waals surface area contributed by atoms with E-state index in [2.05, 4.69) is 16.5 Å². The van der Waals surface area contributed by atoms with Gasteiger partial charge in [0.25, 0.3) is 0 Å². The van der Waals surface area contributed by atoms with Crippen LogP contribution in [0.25, 0.3) is 22.3 Å². The molecule has 9 nitrogen and oxygen atoms in total. The highest BCUT2D eigenvalue weighted by Crippen LogP contribution is 2.35. The van der Waals surface area contributed by atoms with E-state index < -0.39 is 17.3 Å². The van der Waals surface area contributed by atoms with E-state index in [1.165, 1.54) is 22.8 Å². The molecule has 0 unspecified atom stereocenters. The minimum Gasteiger partial charge on any atom is -0.376 e. The Hall–Kier alpha value is -4.51. The molecule has 0 saturated carbocycles. The van der Waals surface area contributed by atoms with Gasteiger partial charge in [0.2, 0.25) is 5.91 Å². The molecule has 1 amide bonds. The van der Waals surface area contributed by atoms with Crippen LogP contribution in [0.4, 0.5) is 14.6 Å². The summed E-state index contributed by atoms with van der Waals surface area (Å²) in [5, 5.41) is 0.318. The molecule has 1 fully saturated rings. The summed E-state index contributed by atoms with van der Waals surface area (Å²) >= 11 is 0. The van der Waals surface area contributed by atoms with Gasteiger partial charge in [-0.05, 0) is 67.2 Å². The Bertz CT molecular complexity index is 1870. The first-order valence-electron chi connectivity index (χ1n) is 15.2. The van der Waals surface area contributed by atoms with Crippen molar-refractivity contribution in [2.24, 2.45) is 0 Å². The van der Waals surface area contributed by atoms with Gasteiger partial charge in [-0.1, -0.05) is 32.6 Å². The molecule has 234 valence electrons. The summed E-state index contributed by atoms with van der Waals surface area (Å²) in [5.41, 5.74) is 2.49. The molecule has 2 aliphatic heterocycles. The van der Waals surface area contributed by atoms with E-state index in [0.717, 1.165) is 16.8 Å². The van der Waals surface area contributed by atoms with E-state index in [1.807, 2.05) is 38.7 Å². The fraction of sp³-hybridized carbons (Fsp3) is 0.382. The average molecular weight is 615 g/mol. The normalized spacial score (nSPS) is 18.6. The predicted molar refractivity (Wildman–Crippen MR) is 168 cm³/mol. The maximum Gasteiger partial charge on any atom is 0.351 e. The van der Waals surface area contributed by atoms with Crippen molar-refractivity contribution in [1.82, 2.24) is 24.4 Å². The molecular weight excluding hydrogens is 578 g/mol. The van der Waals surface area contributed by atoms with Crippen molar-refractivity contribution < 1.29 is 18.3 Å². The summed E-state index contributed by atoms with van der Waals surface area (Å²) in [6.07, 6.45) is 3.57. The monoisotopic (exact) mass is 614 g/mol. The summed E-state index contributed by atoms with van der Waals surface area (Å²) in [6, 6.07) is 7.24. The molecule has 5 heterocycles. The fourth-order valence-electron chi connectivity index (χ4n) is 6.48. The molecule has 0 N–H and O–H groups in total. The second-order valence-corrected chi connectivity index (χ2v) is 12.1. The zero-order valence-corrected chi connectivity index (χ0v) is 25.9. The van der Waals surface area contributed by atoms with Gasteiger partial charge in [0.1, 0.15) is 28.8 Å². The van der Waals surface area contributed by atoms with Gasteiger partial charge in [-0.2, -0.15) is 4.98 Å². The number of benzene rings is 1. The van der Waals surface area contributed by atoms with Crippen LogP contribution in [-0.4, -0.2) is 62.1 Å². The van der Waals surface area contributed by atoms with Crippen LogP contribution in [0.15, 0.2) is 54.0 Å². The number of pyridine rings is 2. The molecule has 6 rings (SSSR count). The van der Waals surface area contributed by atoms with E-state index in [0.29, 0.717) is 37.1 Å². The number of ether oxygens (including phenoxy) is 1. The van der Waals surface area contributed by atoms with Crippen LogP contribution >= 0.6 is 0 Å². The number of hydrogen-bond acceptors (Lipinski definition) is 7. The molecule has 11 heteroatoms. The zero-order chi connectivity index (χ0) is 32.0. The van der Waals surface area contributed by atoms with Crippen LogP contribution in [0.3, 0.4) is 0 Å². The molecule has 1 saturated heterocycles. The van der Waals surface area contributed by atoms with Gasteiger partial charge in [0, 0.05) is 42.6 Å². The Balaban J connectivity index is 1.62. The third-order valence-corrected chi connectivity index (χ3v) is 8.76. The summed E-state index contributed by atoms with van der Waals surface area (Å²) < 4.78 is 39.0. The van der Waals surface area contributed by atoms with E-state index in [4.69, 9.17) is 9.72 Å². The lowest BCUT2D eigenvalue weighted by Crippen LogP contribution is -2.58. The number of amides is 1. The molecule has 1 aromatic carbocycles. The number of piperazine rings is 1. The van der Waals surface area contributed by atoms with E-state index in [1.54, 1.807) is 23.2 Å². The number of halogens is 2. The maximum atomic E-state index is 16.2. The molecule has 45 heavy (non-hydrogen) atoms. The van der Waals surface area contributed by atoms with Crippen LogP contribution in [0, 0.1) is 11.6 Å². The van der Waals surface area contributed by atoms with Crippen molar-refractivity contribution in [2.45, 2.75) is 65.3 Å². The van der Waals surface area contributed by atoms with Crippen LogP contribution in [0.5, 0.6) is 0 Å². The largest absolute Gasteiger partial charge is 0.376 e. The number of anilines is 1. The maximum absolute atomic E-state index is 16.2. The van der Waals surface area contributed by atoms with Gasteiger partial charge in [-0.15, -0.1) is 0 Å². The first-order valence-corrected chi connectivity index (χ1v) is 15.2. The van der Waals surface area contributed by atoms with Gasteiger partial charge in [0.15, 0.2) is 0 Å². The molecule has 2 aliphatic rings. The minimum atomic E-state index is -0.747. The molecular formula is C34H36F2N6O3. The Morgan fingerprint density at radius 2 is 1.89 bits per heavy atom. The molecule has 3 aromatic heterocycles. The van der Waals surface area contributed by atoms with Gasteiger partial charge < -0.3 is 14.5 Å². The van der Waals surface area contributed by atoms with Crippen molar-refractivity contribution in [3.63, 3.8) is 0 Å². The fourth-order valence-corrected chi connectivity index (χ4v) is 6.48. The van der Waals surface area contributed by atoms with Crippen molar-refractivity contribution in [1.29, 1.82) is 0 Å². The summed E-state index contributed by atoms with van der Waals surface area (Å²) in [4.78, 5) is 44.0. The Morgan fingerprint density at radius 1 is 1.09 bits per heavy atom. The van der Waals surface area contributed by atoms with E-state index in [-0.39, 0.29) is 59.8 Å². The first kappa shape index (κ1) is 30.5. The van der Waals surface area contributed by atoms with Crippen molar-refractivity contribution >= 4 is 22.8 Å². The van der Waals surface area contributed by atoms with E-state index in [9.17, 15) is 9.59 Å². The van der Waals surface area contributed by atoms with Crippen LogP contribution < -0.4 is 10.6 Å². The Kier molecular flexibility index (Phi) is 8.22. The smallest absolute Gasteiger partial charge is 0.351 e. The van der Waals surface area contributed by atoms with Crippen molar-refractivity contribution in [3.8, 4) is 11.3 Å². The van der Waals surface area contributed by atoms with Crippen molar-refractivity contribution in [3.05, 3.63) is 93.7 Å². The standard InChI is InChI=1S/C34H36F2N6O3/c1-6-28(43)40-15-21(5)41(16-20(40)4)33-24-14-27(36)31-29-23(8-7-9-26(29)35)18-45-13-11-22-10-12-37-30(19(2)3)25(22)17-42(32(24)38-31)34(44)39-33/h6-10,12,14,19-21H,1,11,13,15-18H2,2-5H3/t20-,21+/m1/s1. The summed E-state index contributed by atoms with van der Waals surface area (Å²) in [7, 11) is 0. The lowest BCUT2D eigenvalue weighted by Gasteiger charge is -2.44. The summed E-state index contributed by atoms with van der Waals surface area (Å²) in [5.74, 6) is -1.24. The number of hydrogen-bond donors (Lipinski definition) is 0. The number of aromatic nitrogens is 4. The number of nitrogens with zero attached hydrogens (tertiary/aromatic N) is 6. The molecule has 0 aliphatic carbocycles. The molecule has 0 radical (unpaired) electrons. The molecule has 0 spiro atoms. The van der Waals surface area contributed by atoms with Crippen LogP contribution in [0.2, 0.25) is 0 Å². The van der Waals surface area contributed by atoms with Gasteiger partial charge in [0.05, 0.1) is 25.1 Å². The van der Waals surface area contributed by atoms with Gasteiger partial charge >= 0.3 is 5.69 Å². The predicted octanol–water partition coefficient (Wildman–Crippen LogP) is 4.99. The lowest BCUT2D eigenvalue weighted by atomic mass is 9.97. The van der Waals surface area contributed by atoms with Gasteiger partial charge in [-0.25, -0.2) is 18.6 Å². The number of carbonyl (C=O) groups excluding carboxylic acids is 1. The highest BCUT2D eigenvalue weighted by Gasteiger charge is 2.34. The second-order valence-electron chi connectivity index (χ2n) is 12.1. The Labute approximate surface area is 260 Å². The van der Waals surface area contributed by atoms with E-state index >= 15 is 8.78 Å². The number of rotatable bonds is 3. The number of carbonyl (C=O) groups is 1. The molecule has 2 atom stereocenters. The Morgan fingerprint density at radius 3 is 2.64 bits per heavy atom. The van der Waals surface area contributed by atoms with Crippen LogP contribution in [0.1, 0.15) is 56.0 Å². The third-order valence-electron chi connectivity index (χ3n) is 8.76. The van der Waals surface area contributed by atoms with Gasteiger partial charge in [-0.3, -0.25) is 14.3 Å². The average Bonchev–Trinajstić information content (AvgIpc) is 3.02. The topological polar surface area (TPSA) is 93.5 Å². The number of fused-ring (bicyclic) bond motifs is 4. The quantitative estimate of drug-likeness (QED) is 0.300. The van der Waals surface area contributed by atoms with Crippen molar-refractivity contribution in [2.75, 3.05) is 24.6 Å². The summed E-state index contributed by atoms with van der Waals surface area (Å²) in [6.45, 7) is 12.7. The van der Waals surface area contributed by atoms with Crippen LogP contribution in [-0.2, 0) is 29.1 Å². The second kappa shape index (κ2) is 12.1. The molecule has 4 aromatic rings. The third kappa shape index (κ3) is 5.50. The first-order chi connectivity index (χ1) is 21.6. The highest BCUT2D eigenvalue weighted by molar-refractivity contribution is 5.90. The zero-order valence-electron chi connectivity index (χ0n) is 25.9. The highest BCUT2D eigenvalue weighted by atomic mass is 19.1. The minimum absolute atomic E-state index is 0.00546. The molecule has 2 bridgehead atoms. The lowest BCUT2D eigenvalue weighted by molar-refractivity contribution is -0.128. The SMILES string of the molecule is C=CC(=O)N1C[C@H](C)N(c2nc(=O)n3c4nc(c(F)cc24)-c2c(F)cccc2COCCc2ccnc(C(C)C)c2C3)C[C@H]1C.